The summed E-state index contributed by atoms with van der Waals surface area (Å²) in [6, 6.07) is 2.44. The minimum atomic E-state index is 0.176. The van der Waals surface area contributed by atoms with Crippen molar-refractivity contribution in [2.24, 2.45) is 11.8 Å². The molecule has 0 amide bonds. The maximum absolute atomic E-state index is 9.12. The van der Waals surface area contributed by atoms with Gasteiger partial charge < -0.3 is 4.90 Å². The van der Waals surface area contributed by atoms with Crippen molar-refractivity contribution < 1.29 is 0 Å². The summed E-state index contributed by atoms with van der Waals surface area (Å²) >= 11 is 0. The van der Waals surface area contributed by atoms with Gasteiger partial charge in [-0.25, -0.2) is 0 Å². The van der Waals surface area contributed by atoms with Gasteiger partial charge in [0.1, 0.15) is 0 Å². The first-order valence-corrected chi connectivity index (χ1v) is 7.08. The third kappa shape index (κ3) is 2.65. The number of rotatable bonds is 2. The summed E-state index contributed by atoms with van der Waals surface area (Å²) in [5.74, 6) is 0.681. The molecule has 17 heavy (non-hydrogen) atoms. The standard InChI is InChI=1S/C15H24N2/c1-12(11-16)14-7-6-8-15(13(14)2)17-9-4-3-5-10-17/h12,14H,3-10H2,1-2H3. The Morgan fingerprint density at radius 1 is 1.24 bits per heavy atom. The molecule has 2 atom stereocenters. The van der Waals surface area contributed by atoms with Crippen LogP contribution < -0.4 is 0 Å². The van der Waals surface area contributed by atoms with Gasteiger partial charge in [0.15, 0.2) is 0 Å². The van der Waals surface area contributed by atoms with E-state index < -0.39 is 0 Å². The van der Waals surface area contributed by atoms with Gasteiger partial charge in [0.25, 0.3) is 0 Å². The van der Waals surface area contributed by atoms with Crippen LogP contribution in [-0.2, 0) is 0 Å². The highest BCUT2D eigenvalue weighted by Gasteiger charge is 2.27. The third-order valence-electron chi connectivity index (χ3n) is 4.49. The fourth-order valence-electron chi connectivity index (χ4n) is 3.40. The van der Waals surface area contributed by atoms with Crippen LogP contribution in [0.4, 0.5) is 0 Å². The Morgan fingerprint density at radius 2 is 1.94 bits per heavy atom. The van der Waals surface area contributed by atoms with Crippen LogP contribution in [0, 0.1) is 23.2 Å². The van der Waals surface area contributed by atoms with E-state index in [0.717, 1.165) is 0 Å². The molecule has 2 heteroatoms. The molecule has 2 unspecified atom stereocenters. The van der Waals surface area contributed by atoms with E-state index in [-0.39, 0.29) is 5.92 Å². The van der Waals surface area contributed by atoms with E-state index in [1.165, 1.54) is 57.2 Å². The van der Waals surface area contributed by atoms with Crippen molar-refractivity contribution in [2.75, 3.05) is 13.1 Å². The second-order valence-corrected chi connectivity index (χ2v) is 5.59. The zero-order valence-electron chi connectivity index (χ0n) is 11.2. The lowest BCUT2D eigenvalue weighted by atomic mass is 9.79. The van der Waals surface area contributed by atoms with Gasteiger partial charge in [-0.1, -0.05) is 0 Å². The second kappa shape index (κ2) is 5.58. The largest absolute Gasteiger partial charge is 0.375 e. The highest BCUT2D eigenvalue weighted by atomic mass is 15.1. The topological polar surface area (TPSA) is 27.0 Å². The molecule has 2 nitrogen and oxygen atoms in total. The van der Waals surface area contributed by atoms with E-state index >= 15 is 0 Å². The molecular weight excluding hydrogens is 208 g/mol. The normalized spacial score (nSPS) is 27.8. The first-order valence-electron chi connectivity index (χ1n) is 7.08. The maximum Gasteiger partial charge on any atom is 0.0659 e. The Hall–Kier alpha value is -0.970. The van der Waals surface area contributed by atoms with Crippen molar-refractivity contribution in [1.82, 2.24) is 4.90 Å². The number of allylic oxidation sites excluding steroid dienone is 2. The third-order valence-corrected chi connectivity index (χ3v) is 4.49. The van der Waals surface area contributed by atoms with Crippen molar-refractivity contribution in [1.29, 1.82) is 5.26 Å². The summed E-state index contributed by atoms with van der Waals surface area (Å²) in [6.07, 6.45) is 7.78. The van der Waals surface area contributed by atoms with E-state index in [2.05, 4.69) is 24.8 Å². The summed E-state index contributed by atoms with van der Waals surface area (Å²) in [5.41, 5.74) is 3.08. The fraction of sp³-hybridized carbons (Fsp3) is 0.800. The fourth-order valence-corrected chi connectivity index (χ4v) is 3.40. The number of piperidine rings is 1. The zero-order chi connectivity index (χ0) is 12.3. The van der Waals surface area contributed by atoms with E-state index in [1.807, 2.05) is 0 Å². The molecule has 94 valence electrons. The van der Waals surface area contributed by atoms with Gasteiger partial charge >= 0.3 is 0 Å². The first-order chi connectivity index (χ1) is 8.24. The van der Waals surface area contributed by atoms with Crippen molar-refractivity contribution in [3.05, 3.63) is 11.3 Å². The average Bonchev–Trinajstić information content (AvgIpc) is 2.39. The summed E-state index contributed by atoms with van der Waals surface area (Å²) in [7, 11) is 0. The van der Waals surface area contributed by atoms with Gasteiger partial charge in [0, 0.05) is 18.8 Å². The SMILES string of the molecule is CC1=C(N2CCCCC2)CCCC1C(C)C#N. The van der Waals surface area contributed by atoms with Crippen LogP contribution in [0.2, 0.25) is 0 Å². The molecular formula is C15H24N2. The van der Waals surface area contributed by atoms with Crippen LogP contribution in [0.25, 0.3) is 0 Å². The van der Waals surface area contributed by atoms with E-state index in [1.54, 1.807) is 5.70 Å². The molecule has 1 heterocycles. The van der Waals surface area contributed by atoms with Gasteiger partial charge in [-0.3, -0.25) is 0 Å². The van der Waals surface area contributed by atoms with Crippen LogP contribution in [0.1, 0.15) is 52.4 Å². The highest BCUT2D eigenvalue weighted by molar-refractivity contribution is 5.20. The van der Waals surface area contributed by atoms with Crippen LogP contribution >= 0.6 is 0 Å². The van der Waals surface area contributed by atoms with E-state index in [9.17, 15) is 0 Å². The predicted octanol–water partition coefficient (Wildman–Crippen LogP) is 3.71. The molecule has 1 saturated heterocycles. The molecule has 0 saturated carbocycles. The number of nitriles is 1. The molecule has 1 aliphatic carbocycles. The minimum Gasteiger partial charge on any atom is -0.375 e. The summed E-state index contributed by atoms with van der Waals surface area (Å²) in [5, 5.41) is 9.12. The van der Waals surface area contributed by atoms with Crippen molar-refractivity contribution in [2.45, 2.75) is 52.4 Å². The van der Waals surface area contributed by atoms with Gasteiger partial charge in [0.05, 0.1) is 12.0 Å². The molecule has 0 bridgehead atoms. The summed E-state index contributed by atoms with van der Waals surface area (Å²) in [4.78, 5) is 2.59. The molecule has 1 aliphatic heterocycles. The molecule has 0 radical (unpaired) electrons. The smallest absolute Gasteiger partial charge is 0.0659 e. The molecule has 2 rings (SSSR count). The zero-order valence-corrected chi connectivity index (χ0v) is 11.2. The van der Waals surface area contributed by atoms with Crippen molar-refractivity contribution >= 4 is 0 Å². The van der Waals surface area contributed by atoms with Crippen LogP contribution in [0.5, 0.6) is 0 Å². The van der Waals surface area contributed by atoms with E-state index in [4.69, 9.17) is 5.26 Å². The predicted molar refractivity (Wildman–Crippen MR) is 70.2 cm³/mol. The van der Waals surface area contributed by atoms with Crippen LogP contribution in [0.15, 0.2) is 11.3 Å². The van der Waals surface area contributed by atoms with Crippen molar-refractivity contribution in [3.8, 4) is 6.07 Å². The second-order valence-electron chi connectivity index (χ2n) is 5.59. The van der Waals surface area contributed by atoms with Crippen molar-refractivity contribution in [3.63, 3.8) is 0 Å². The summed E-state index contributed by atoms with van der Waals surface area (Å²) < 4.78 is 0. The monoisotopic (exact) mass is 232 g/mol. The Morgan fingerprint density at radius 3 is 2.59 bits per heavy atom. The Labute approximate surface area is 105 Å². The number of hydrogen-bond acceptors (Lipinski definition) is 2. The molecule has 1 fully saturated rings. The number of hydrogen-bond donors (Lipinski definition) is 0. The minimum absolute atomic E-state index is 0.176. The Kier molecular flexibility index (Phi) is 4.10. The molecule has 0 N–H and O–H groups in total. The lowest BCUT2D eigenvalue weighted by molar-refractivity contribution is 0.254. The quantitative estimate of drug-likeness (QED) is 0.725. The van der Waals surface area contributed by atoms with Gasteiger partial charge in [-0.2, -0.15) is 5.26 Å². The molecule has 0 spiro atoms. The number of likely N-dealkylation sites (tertiary alicyclic amines) is 1. The summed E-state index contributed by atoms with van der Waals surface area (Å²) in [6.45, 7) is 6.82. The lowest BCUT2D eigenvalue weighted by Gasteiger charge is -2.37. The van der Waals surface area contributed by atoms with Gasteiger partial charge in [-0.05, 0) is 63.9 Å². The molecule has 2 aliphatic rings. The average molecular weight is 232 g/mol. The maximum atomic E-state index is 9.12. The molecule has 0 aromatic heterocycles. The van der Waals surface area contributed by atoms with E-state index in [0.29, 0.717) is 5.92 Å². The Bertz CT molecular complexity index is 331. The lowest BCUT2D eigenvalue weighted by Crippen LogP contribution is -2.32. The molecule has 0 aromatic rings. The van der Waals surface area contributed by atoms with Gasteiger partial charge in [0.2, 0.25) is 0 Å². The van der Waals surface area contributed by atoms with Crippen LogP contribution in [-0.4, -0.2) is 18.0 Å². The molecule has 0 aromatic carbocycles. The number of nitrogens with zero attached hydrogens (tertiary/aromatic N) is 2. The van der Waals surface area contributed by atoms with Gasteiger partial charge in [-0.15, -0.1) is 0 Å². The van der Waals surface area contributed by atoms with Crippen LogP contribution in [0.3, 0.4) is 0 Å². The highest BCUT2D eigenvalue weighted by Crippen LogP contribution is 2.36. The Balaban J connectivity index is 2.16. The first kappa shape index (κ1) is 12.5.